The van der Waals surface area contributed by atoms with Crippen molar-refractivity contribution in [2.24, 2.45) is 0 Å². The third kappa shape index (κ3) is 2.65. The summed E-state index contributed by atoms with van der Waals surface area (Å²) in [6, 6.07) is 5.55. The normalized spacial score (nSPS) is 10.1. The number of nitrogens with zero attached hydrogens (tertiary/aromatic N) is 3. The van der Waals surface area contributed by atoms with Crippen LogP contribution < -0.4 is 9.47 Å². The van der Waals surface area contributed by atoms with Gasteiger partial charge in [-0.05, 0) is 17.7 Å². The molecule has 94 valence electrons. The van der Waals surface area contributed by atoms with Gasteiger partial charge in [-0.15, -0.1) is 5.10 Å². The molecule has 0 fully saturated rings. The summed E-state index contributed by atoms with van der Waals surface area (Å²) in [6.45, 7) is 0.494. The van der Waals surface area contributed by atoms with Crippen LogP contribution in [0.5, 0.6) is 11.5 Å². The Morgan fingerprint density at radius 2 is 1.89 bits per heavy atom. The first-order valence-electron chi connectivity index (χ1n) is 5.32. The molecule has 0 aliphatic rings. The summed E-state index contributed by atoms with van der Waals surface area (Å²) < 4.78 is 11.9. The van der Waals surface area contributed by atoms with Crippen molar-refractivity contribution < 1.29 is 14.3 Å². The van der Waals surface area contributed by atoms with Crippen LogP contribution in [0.15, 0.2) is 24.4 Å². The van der Waals surface area contributed by atoms with E-state index >= 15 is 0 Å². The van der Waals surface area contributed by atoms with Crippen molar-refractivity contribution in [3.05, 3.63) is 35.7 Å². The summed E-state index contributed by atoms with van der Waals surface area (Å²) >= 11 is 0. The first-order valence-corrected chi connectivity index (χ1v) is 5.32. The van der Waals surface area contributed by atoms with Gasteiger partial charge in [0.2, 0.25) is 0 Å². The number of hydrogen-bond acceptors (Lipinski definition) is 5. The molecule has 0 saturated heterocycles. The van der Waals surface area contributed by atoms with E-state index in [0.29, 0.717) is 30.0 Å². The highest BCUT2D eigenvalue weighted by molar-refractivity contribution is 5.70. The van der Waals surface area contributed by atoms with Gasteiger partial charge < -0.3 is 9.47 Å². The fourth-order valence-corrected chi connectivity index (χ4v) is 1.59. The Labute approximate surface area is 104 Å². The number of aromatic nitrogens is 3. The molecular weight excluding hydrogens is 234 g/mol. The van der Waals surface area contributed by atoms with Crippen LogP contribution in [-0.4, -0.2) is 35.5 Å². The predicted molar refractivity (Wildman–Crippen MR) is 64.1 cm³/mol. The number of carbonyl (C=O) groups is 1. The van der Waals surface area contributed by atoms with Gasteiger partial charge in [0.15, 0.2) is 6.29 Å². The lowest BCUT2D eigenvalue weighted by Gasteiger charge is -2.08. The van der Waals surface area contributed by atoms with E-state index in [-0.39, 0.29) is 0 Å². The molecule has 0 radical (unpaired) electrons. The van der Waals surface area contributed by atoms with Gasteiger partial charge in [-0.2, -0.15) is 0 Å². The molecule has 1 aromatic heterocycles. The summed E-state index contributed by atoms with van der Waals surface area (Å²) in [7, 11) is 3.19. The van der Waals surface area contributed by atoms with Gasteiger partial charge in [-0.3, -0.25) is 4.79 Å². The van der Waals surface area contributed by atoms with Gasteiger partial charge in [0, 0.05) is 6.07 Å². The molecule has 0 unspecified atom stereocenters. The van der Waals surface area contributed by atoms with Crippen LogP contribution in [0.2, 0.25) is 0 Å². The van der Waals surface area contributed by atoms with Crippen molar-refractivity contribution in [3.8, 4) is 11.5 Å². The average molecular weight is 247 g/mol. The van der Waals surface area contributed by atoms with Crippen molar-refractivity contribution in [1.82, 2.24) is 15.0 Å². The van der Waals surface area contributed by atoms with E-state index in [1.807, 2.05) is 12.1 Å². The molecule has 18 heavy (non-hydrogen) atoms. The van der Waals surface area contributed by atoms with Crippen molar-refractivity contribution in [1.29, 1.82) is 0 Å². The molecule has 0 saturated carbocycles. The second kappa shape index (κ2) is 5.31. The van der Waals surface area contributed by atoms with Crippen LogP contribution in [0.4, 0.5) is 0 Å². The molecule has 2 rings (SSSR count). The quantitative estimate of drug-likeness (QED) is 0.742. The number of benzene rings is 1. The summed E-state index contributed by atoms with van der Waals surface area (Å²) in [5, 5.41) is 7.55. The summed E-state index contributed by atoms with van der Waals surface area (Å²) in [5.41, 5.74) is 1.26. The van der Waals surface area contributed by atoms with Gasteiger partial charge >= 0.3 is 0 Å². The zero-order chi connectivity index (χ0) is 13.0. The molecule has 1 aromatic carbocycles. The number of methoxy groups -OCH3 is 2. The van der Waals surface area contributed by atoms with Crippen molar-refractivity contribution in [3.63, 3.8) is 0 Å². The Hall–Kier alpha value is -2.37. The smallest absolute Gasteiger partial charge is 0.171 e. The maximum atomic E-state index is 10.5. The minimum Gasteiger partial charge on any atom is -0.497 e. The Kier molecular flexibility index (Phi) is 3.57. The Balaban J connectivity index is 2.24. The first kappa shape index (κ1) is 12.1. The van der Waals surface area contributed by atoms with Gasteiger partial charge in [0.25, 0.3) is 0 Å². The van der Waals surface area contributed by atoms with Crippen molar-refractivity contribution in [2.45, 2.75) is 6.54 Å². The third-order valence-electron chi connectivity index (χ3n) is 2.43. The van der Waals surface area contributed by atoms with E-state index in [9.17, 15) is 4.79 Å². The second-order valence-corrected chi connectivity index (χ2v) is 3.68. The van der Waals surface area contributed by atoms with Crippen LogP contribution in [0.25, 0.3) is 0 Å². The molecule has 0 N–H and O–H groups in total. The zero-order valence-electron chi connectivity index (χ0n) is 10.2. The van der Waals surface area contributed by atoms with Crippen LogP contribution in [0.3, 0.4) is 0 Å². The molecule has 0 amide bonds. The lowest BCUT2D eigenvalue weighted by Crippen LogP contribution is -2.01. The zero-order valence-corrected chi connectivity index (χ0v) is 10.2. The lowest BCUT2D eigenvalue weighted by molar-refractivity contribution is 0.111. The van der Waals surface area contributed by atoms with E-state index in [1.54, 1.807) is 31.2 Å². The van der Waals surface area contributed by atoms with E-state index < -0.39 is 0 Å². The average Bonchev–Trinajstić information content (AvgIpc) is 2.85. The number of hydrogen-bond donors (Lipinski definition) is 0. The monoisotopic (exact) mass is 247 g/mol. The van der Waals surface area contributed by atoms with Gasteiger partial charge in [-0.1, -0.05) is 5.21 Å². The first-order chi connectivity index (χ1) is 8.75. The maximum Gasteiger partial charge on any atom is 0.171 e. The lowest BCUT2D eigenvalue weighted by atomic mass is 10.2. The van der Waals surface area contributed by atoms with Crippen molar-refractivity contribution in [2.75, 3.05) is 14.2 Å². The minimum absolute atomic E-state index is 0.310. The Morgan fingerprint density at radius 1 is 1.22 bits per heavy atom. The van der Waals surface area contributed by atoms with Crippen LogP contribution in [0.1, 0.15) is 16.1 Å². The van der Waals surface area contributed by atoms with Crippen LogP contribution in [0, 0.1) is 0 Å². The molecule has 6 heteroatoms. The molecular formula is C12H13N3O3. The SMILES string of the molecule is COc1cc(Cn2cc(C=O)nn2)cc(OC)c1. The third-order valence-corrected chi connectivity index (χ3v) is 2.43. The molecule has 0 spiro atoms. The highest BCUT2D eigenvalue weighted by Gasteiger charge is 2.04. The van der Waals surface area contributed by atoms with E-state index in [2.05, 4.69) is 10.3 Å². The maximum absolute atomic E-state index is 10.5. The van der Waals surface area contributed by atoms with Crippen molar-refractivity contribution >= 4 is 6.29 Å². The van der Waals surface area contributed by atoms with Gasteiger partial charge in [-0.25, -0.2) is 4.68 Å². The van der Waals surface area contributed by atoms with Crippen LogP contribution >= 0.6 is 0 Å². The standard InChI is InChI=1S/C12H13N3O3/c1-17-11-3-9(4-12(5-11)18-2)6-15-7-10(8-16)13-14-15/h3-5,7-8H,6H2,1-2H3. The van der Waals surface area contributed by atoms with Crippen LogP contribution in [-0.2, 0) is 6.54 Å². The molecule has 1 heterocycles. The second-order valence-electron chi connectivity index (χ2n) is 3.68. The van der Waals surface area contributed by atoms with E-state index in [0.717, 1.165) is 5.56 Å². The fraction of sp³-hybridized carbons (Fsp3) is 0.250. The molecule has 2 aromatic rings. The predicted octanol–water partition coefficient (Wildman–Crippen LogP) is 1.16. The van der Waals surface area contributed by atoms with Gasteiger partial charge in [0.05, 0.1) is 27.0 Å². The number of ether oxygens (including phenoxy) is 2. The Morgan fingerprint density at radius 3 is 2.39 bits per heavy atom. The summed E-state index contributed by atoms with van der Waals surface area (Å²) in [6.07, 6.45) is 2.24. The Bertz CT molecular complexity index is 529. The highest BCUT2D eigenvalue weighted by Crippen LogP contribution is 2.22. The number of rotatable bonds is 5. The molecule has 0 atom stereocenters. The number of aldehydes is 1. The summed E-state index contributed by atoms with van der Waals surface area (Å²) in [4.78, 5) is 10.5. The van der Waals surface area contributed by atoms with Gasteiger partial charge in [0.1, 0.15) is 17.2 Å². The fourth-order valence-electron chi connectivity index (χ4n) is 1.59. The molecule has 0 aliphatic carbocycles. The van der Waals surface area contributed by atoms with E-state index in [4.69, 9.17) is 9.47 Å². The van der Waals surface area contributed by atoms with E-state index in [1.165, 1.54) is 0 Å². The molecule has 6 nitrogen and oxygen atoms in total. The molecule has 0 bridgehead atoms. The molecule has 0 aliphatic heterocycles. The minimum atomic E-state index is 0.310. The largest absolute Gasteiger partial charge is 0.497 e. The highest BCUT2D eigenvalue weighted by atomic mass is 16.5. The topological polar surface area (TPSA) is 66.2 Å². The number of carbonyl (C=O) groups excluding carboxylic acids is 1. The summed E-state index contributed by atoms with van der Waals surface area (Å²) in [5.74, 6) is 1.42.